The summed E-state index contributed by atoms with van der Waals surface area (Å²) in [7, 11) is 0. The quantitative estimate of drug-likeness (QED) is 0.400. The van der Waals surface area contributed by atoms with Gasteiger partial charge >= 0.3 is 0 Å². The summed E-state index contributed by atoms with van der Waals surface area (Å²) < 4.78 is 0. The second-order valence-electron chi connectivity index (χ2n) is 1.77. The summed E-state index contributed by atoms with van der Waals surface area (Å²) in [6.45, 7) is 0. The fourth-order valence-electron chi connectivity index (χ4n) is 0.884. The highest BCUT2D eigenvalue weighted by molar-refractivity contribution is 5.75. The van der Waals surface area contributed by atoms with Gasteiger partial charge in [-0.1, -0.05) is 32.1 Å². The molecule has 0 heterocycles. The lowest BCUT2D eigenvalue weighted by atomic mass is 10.4. The van der Waals surface area contributed by atoms with Crippen LogP contribution in [0.5, 0.6) is 0 Å². The molecule has 1 fully saturated rings. The van der Waals surface area contributed by atoms with E-state index in [9.17, 15) is 0 Å². The van der Waals surface area contributed by atoms with Gasteiger partial charge in [0.15, 0.2) is 0 Å². The Hall–Kier alpha value is 0.766. The molecule has 6 heavy (non-hydrogen) atoms. The van der Waals surface area contributed by atoms with Crippen LogP contribution in [0.3, 0.4) is 0 Å². The van der Waals surface area contributed by atoms with Crippen molar-refractivity contribution >= 4 is 23.1 Å². The van der Waals surface area contributed by atoms with Crippen molar-refractivity contribution in [3.8, 4) is 0 Å². The smallest absolute Gasteiger partial charge is 0 e. The second-order valence-corrected chi connectivity index (χ2v) is 1.77. The van der Waals surface area contributed by atoms with Gasteiger partial charge in [-0.2, -0.15) is 0 Å². The molecule has 1 rings (SSSR count). The minimum Gasteiger partial charge on any atom is -0.0533 e. The van der Waals surface area contributed by atoms with Crippen LogP contribution < -0.4 is 0 Å². The lowest BCUT2D eigenvalue weighted by Crippen LogP contribution is -1.47. The summed E-state index contributed by atoms with van der Waals surface area (Å²) in [5.41, 5.74) is 0. The molecule has 0 amide bonds. The average Bonchev–Trinajstić information content (AvgIpc) is 1.76. The second kappa shape index (κ2) is 3.94. The Morgan fingerprint density at radius 1 is 0.500 bits per heavy atom. The predicted octanol–water partition coefficient (Wildman–Crippen LogP) is 1.57. The zero-order chi connectivity index (χ0) is 3.54. The molecule has 0 aromatic heterocycles. The third kappa shape index (κ3) is 2.03. The molecule has 0 spiro atoms. The highest BCUT2D eigenvalue weighted by Crippen LogP contribution is 2.15. The van der Waals surface area contributed by atoms with Gasteiger partial charge in [-0.3, -0.25) is 0 Å². The first kappa shape index (κ1) is 6.77. The van der Waals surface area contributed by atoms with Crippen molar-refractivity contribution in [1.29, 1.82) is 0 Å². The van der Waals surface area contributed by atoms with Gasteiger partial charge in [0.25, 0.3) is 0 Å². The molecule has 0 bridgehead atoms. The zero-order valence-corrected chi connectivity index (χ0v) is 5.66. The van der Waals surface area contributed by atoms with Crippen molar-refractivity contribution in [2.24, 2.45) is 0 Å². The Morgan fingerprint density at radius 2 is 0.667 bits per heavy atom. The summed E-state index contributed by atoms with van der Waals surface area (Å²) in [6, 6.07) is 0. The van der Waals surface area contributed by atoms with Gasteiger partial charge in [0.2, 0.25) is 0 Å². The molecule has 0 N–H and O–H groups in total. The van der Waals surface area contributed by atoms with Crippen molar-refractivity contribution in [3.63, 3.8) is 0 Å². The molecule has 0 nitrogen and oxygen atoms in total. The monoisotopic (exact) mass is 94.1 g/mol. The maximum Gasteiger partial charge on any atom is 0 e. The van der Waals surface area contributed by atoms with Gasteiger partial charge in [-0.15, -0.1) is 0 Å². The van der Waals surface area contributed by atoms with E-state index in [1.807, 2.05) is 0 Å². The summed E-state index contributed by atoms with van der Waals surface area (Å²) in [5, 5.41) is 0. The number of hydrogen-bond donors (Lipinski definition) is 0. The Bertz CT molecular complexity index is 15.5. The molecule has 1 heteroatoms. The van der Waals surface area contributed by atoms with Crippen molar-refractivity contribution in [3.05, 3.63) is 0 Å². The predicted molar refractivity (Wildman–Crippen MR) is 28.8 cm³/mol. The Morgan fingerprint density at radius 3 is 0.833 bits per heavy atom. The summed E-state index contributed by atoms with van der Waals surface area (Å²) in [6.07, 6.45) is 7.50. The van der Waals surface area contributed by atoms with Crippen LogP contribution in [0.4, 0.5) is 0 Å². The minimum absolute atomic E-state index is 0. The van der Waals surface area contributed by atoms with Crippen LogP contribution in [0.25, 0.3) is 0 Å². The summed E-state index contributed by atoms with van der Waals surface area (Å²) >= 11 is 0. The van der Waals surface area contributed by atoms with Gasteiger partial charge in [-0.05, 0) is 0 Å². The van der Waals surface area contributed by atoms with Crippen LogP contribution in [0.1, 0.15) is 32.1 Å². The third-order valence-electron chi connectivity index (χ3n) is 1.25. The van der Waals surface area contributed by atoms with E-state index in [2.05, 4.69) is 0 Å². The molecule has 32 valence electrons. The SMILES string of the molecule is C1CCCC1.[Mg]. The highest BCUT2D eigenvalue weighted by Gasteiger charge is 1.95. The van der Waals surface area contributed by atoms with Gasteiger partial charge < -0.3 is 0 Å². The number of hydrogen-bond acceptors (Lipinski definition) is 0. The molecule has 0 atom stereocenters. The van der Waals surface area contributed by atoms with Crippen LogP contribution in [0, 0.1) is 0 Å². The van der Waals surface area contributed by atoms with Crippen LogP contribution in [0.2, 0.25) is 0 Å². The van der Waals surface area contributed by atoms with Crippen molar-refractivity contribution in [2.75, 3.05) is 0 Å². The van der Waals surface area contributed by atoms with Crippen LogP contribution in [0.15, 0.2) is 0 Å². The fraction of sp³-hybridized carbons (Fsp3) is 1.00. The van der Waals surface area contributed by atoms with Gasteiger partial charge in [0.1, 0.15) is 0 Å². The molecule has 1 saturated carbocycles. The third-order valence-corrected chi connectivity index (χ3v) is 1.25. The maximum atomic E-state index is 1.50. The Balaban J connectivity index is 0.000000250. The maximum absolute atomic E-state index is 1.50. The van der Waals surface area contributed by atoms with Crippen molar-refractivity contribution in [1.82, 2.24) is 0 Å². The molecule has 0 aromatic carbocycles. The van der Waals surface area contributed by atoms with E-state index >= 15 is 0 Å². The average molecular weight is 94.4 g/mol. The molecule has 2 radical (unpaired) electrons. The van der Waals surface area contributed by atoms with E-state index in [4.69, 9.17) is 0 Å². The fourth-order valence-corrected chi connectivity index (χ4v) is 0.884. The first-order valence-electron chi connectivity index (χ1n) is 2.50. The topological polar surface area (TPSA) is 0 Å². The van der Waals surface area contributed by atoms with Crippen LogP contribution >= 0.6 is 0 Å². The molecule has 0 aliphatic heterocycles. The summed E-state index contributed by atoms with van der Waals surface area (Å²) in [4.78, 5) is 0. The molecule has 0 saturated heterocycles. The zero-order valence-electron chi connectivity index (χ0n) is 4.24. The Labute approximate surface area is 55.5 Å². The number of rotatable bonds is 0. The van der Waals surface area contributed by atoms with E-state index in [1.54, 1.807) is 0 Å². The standard InChI is InChI=1S/C5H10.Mg/c1-2-4-5-3-1;/h1-5H2;. The molecule has 0 aromatic rings. The van der Waals surface area contributed by atoms with E-state index in [0.29, 0.717) is 0 Å². The van der Waals surface area contributed by atoms with E-state index in [0.717, 1.165) is 0 Å². The lowest BCUT2D eigenvalue weighted by molar-refractivity contribution is 0.886. The van der Waals surface area contributed by atoms with Gasteiger partial charge in [-0.25, -0.2) is 0 Å². The van der Waals surface area contributed by atoms with Gasteiger partial charge in [0, 0.05) is 23.1 Å². The highest BCUT2D eigenvalue weighted by atomic mass is 24.3. The normalized spacial score (nSPS) is 20.0. The molecule has 0 unspecified atom stereocenters. The van der Waals surface area contributed by atoms with E-state index in [-0.39, 0.29) is 23.1 Å². The molecular weight excluding hydrogens is 84.4 g/mol. The largest absolute Gasteiger partial charge is 0.0533 e. The van der Waals surface area contributed by atoms with Crippen molar-refractivity contribution < 1.29 is 0 Å². The Kier molecular flexibility index (Phi) is 4.44. The molecule has 1 aliphatic carbocycles. The minimum atomic E-state index is 0. The van der Waals surface area contributed by atoms with E-state index < -0.39 is 0 Å². The first-order valence-corrected chi connectivity index (χ1v) is 2.50. The van der Waals surface area contributed by atoms with E-state index in [1.165, 1.54) is 32.1 Å². The molecule has 1 aliphatic rings. The van der Waals surface area contributed by atoms with Crippen LogP contribution in [-0.2, 0) is 0 Å². The van der Waals surface area contributed by atoms with Crippen molar-refractivity contribution in [2.45, 2.75) is 32.1 Å². The summed E-state index contributed by atoms with van der Waals surface area (Å²) in [5.74, 6) is 0. The first-order chi connectivity index (χ1) is 2.50. The van der Waals surface area contributed by atoms with Crippen LogP contribution in [-0.4, -0.2) is 23.1 Å². The van der Waals surface area contributed by atoms with Gasteiger partial charge in [0.05, 0.1) is 0 Å². The molecular formula is C5H10Mg. The lowest BCUT2D eigenvalue weighted by Gasteiger charge is -1.67.